The van der Waals surface area contributed by atoms with Gasteiger partial charge in [0.05, 0.1) is 5.02 Å². The average molecular weight is 281 g/mol. The van der Waals surface area contributed by atoms with E-state index in [2.05, 4.69) is 4.98 Å². The number of nitrogen functional groups attached to an aromatic ring is 1. The predicted molar refractivity (Wildman–Crippen MR) is 73.7 cm³/mol. The number of aromatic nitrogens is 1. The van der Waals surface area contributed by atoms with Crippen LogP contribution in [-0.4, -0.2) is 4.98 Å². The van der Waals surface area contributed by atoms with Crippen LogP contribution >= 0.6 is 11.6 Å². The molecule has 0 bridgehead atoms. The molecule has 19 heavy (non-hydrogen) atoms. The van der Waals surface area contributed by atoms with Crippen LogP contribution in [0.5, 0.6) is 5.75 Å². The molecule has 0 radical (unpaired) electrons. The number of halogens is 2. The van der Waals surface area contributed by atoms with Gasteiger partial charge in [-0.3, -0.25) is 4.98 Å². The number of benzene rings is 1. The predicted octanol–water partition coefficient (Wildman–Crippen LogP) is 3.77. The Balaban J connectivity index is 2.33. The number of rotatable bonds is 3. The molecule has 100 valence electrons. The SMILES string of the molecule is CC(C)(Oc1ccc(N)cc1F)c1ncccc1Cl. The van der Waals surface area contributed by atoms with Gasteiger partial charge in [0, 0.05) is 18.0 Å². The summed E-state index contributed by atoms with van der Waals surface area (Å²) in [7, 11) is 0. The molecule has 0 spiro atoms. The summed E-state index contributed by atoms with van der Waals surface area (Å²) in [6.45, 7) is 3.55. The van der Waals surface area contributed by atoms with E-state index >= 15 is 0 Å². The van der Waals surface area contributed by atoms with E-state index in [9.17, 15) is 4.39 Å². The zero-order valence-corrected chi connectivity index (χ0v) is 11.4. The quantitative estimate of drug-likeness (QED) is 0.871. The lowest BCUT2D eigenvalue weighted by atomic mass is 10.0. The normalized spacial score (nSPS) is 11.4. The molecule has 0 aliphatic rings. The van der Waals surface area contributed by atoms with Crippen molar-refractivity contribution in [1.29, 1.82) is 0 Å². The minimum Gasteiger partial charge on any atom is -0.478 e. The maximum atomic E-state index is 13.7. The van der Waals surface area contributed by atoms with Crippen molar-refractivity contribution in [2.24, 2.45) is 0 Å². The number of ether oxygens (including phenoxy) is 1. The number of nitrogens with zero attached hydrogens (tertiary/aromatic N) is 1. The topological polar surface area (TPSA) is 48.1 Å². The summed E-state index contributed by atoms with van der Waals surface area (Å²) in [5.74, 6) is -0.402. The molecule has 0 atom stereocenters. The van der Waals surface area contributed by atoms with Gasteiger partial charge in [-0.2, -0.15) is 0 Å². The van der Waals surface area contributed by atoms with E-state index in [1.165, 1.54) is 12.1 Å². The Morgan fingerprint density at radius 3 is 2.68 bits per heavy atom. The number of nitrogens with two attached hydrogens (primary N) is 1. The molecule has 2 aromatic rings. The zero-order valence-electron chi connectivity index (χ0n) is 10.7. The van der Waals surface area contributed by atoms with Gasteiger partial charge in [-0.15, -0.1) is 0 Å². The first kappa shape index (κ1) is 13.6. The van der Waals surface area contributed by atoms with Crippen LogP contribution in [0, 0.1) is 5.82 Å². The second-order valence-electron chi connectivity index (χ2n) is 4.64. The number of anilines is 1. The van der Waals surface area contributed by atoms with Crippen molar-refractivity contribution in [3.8, 4) is 5.75 Å². The van der Waals surface area contributed by atoms with Crippen LogP contribution < -0.4 is 10.5 Å². The first-order chi connectivity index (χ1) is 8.90. The molecule has 0 unspecified atom stereocenters. The molecular formula is C14H14ClFN2O. The molecule has 5 heteroatoms. The smallest absolute Gasteiger partial charge is 0.167 e. The van der Waals surface area contributed by atoms with Crippen molar-refractivity contribution in [2.75, 3.05) is 5.73 Å². The van der Waals surface area contributed by atoms with Gasteiger partial charge >= 0.3 is 0 Å². The molecule has 2 rings (SSSR count). The molecule has 0 aliphatic heterocycles. The Hall–Kier alpha value is -1.81. The van der Waals surface area contributed by atoms with E-state index in [4.69, 9.17) is 22.1 Å². The first-order valence-corrected chi connectivity index (χ1v) is 6.13. The first-order valence-electron chi connectivity index (χ1n) is 5.75. The van der Waals surface area contributed by atoms with E-state index in [0.29, 0.717) is 16.4 Å². The fourth-order valence-electron chi connectivity index (χ4n) is 1.75. The lowest BCUT2D eigenvalue weighted by Gasteiger charge is -2.26. The van der Waals surface area contributed by atoms with E-state index in [0.717, 1.165) is 0 Å². The highest BCUT2D eigenvalue weighted by molar-refractivity contribution is 6.31. The number of pyridine rings is 1. The van der Waals surface area contributed by atoms with Gasteiger partial charge in [0.1, 0.15) is 11.3 Å². The Morgan fingerprint density at radius 2 is 2.05 bits per heavy atom. The maximum Gasteiger partial charge on any atom is 0.167 e. The molecule has 0 aliphatic carbocycles. The molecule has 1 aromatic carbocycles. The van der Waals surface area contributed by atoms with Crippen LogP contribution in [0.15, 0.2) is 36.5 Å². The summed E-state index contributed by atoms with van der Waals surface area (Å²) in [4.78, 5) is 4.19. The van der Waals surface area contributed by atoms with Crippen LogP contribution in [-0.2, 0) is 5.60 Å². The molecule has 0 saturated carbocycles. The average Bonchev–Trinajstić information content (AvgIpc) is 2.33. The van der Waals surface area contributed by atoms with Crippen LogP contribution in [0.4, 0.5) is 10.1 Å². The summed E-state index contributed by atoms with van der Waals surface area (Å²) in [6.07, 6.45) is 1.62. The Labute approximate surface area is 116 Å². The van der Waals surface area contributed by atoms with Gasteiger partial charge in [0.25, 0.3) is 0 Å². The van der Waals surface area contributed by atoms with Crippen molar-refractivity contribution >= 4 is 17.3 Å². The third-order valence-electron chi connectivity index (χ3n) is 2.65. The maximum absolute atomic E-state index is 13.7. The van der Waals surface area contributed by atoms with Crippen molar-refractivity contribution in [3.05, 3.63) is 53.1 Å². The fourth-order valence-corrected chi connectivity index (χ4v) is 2.10. The molecule has 1 heterocycles. The van der Waals surface area contributed by atoms with Crippen LogP contribution in [0.2, 0.25) is 5.02 Å². The lowest BCUT2D eigenvalue weighted by Crippen LogP contribution is -2.27. The fraction of sp³-hybridized carbons (Fsp3) is 0.214. The minimum absolute atomic E-state index is 0.112. The van der Waals surface area contributed by atoms with E-state index in [1.807, 2.05) is 0 Å². The Bertz CT molecular complexity index is 602. The zero-order chi connectivity index (χ0) is 14.0. The van der Waals surface area contributed by atoms with Gasteiger partial charge < -0.3 is 10.5 Å². The lowest BCUT2D eigenvalue weighted by molar-refractivity contribution is 0.0980. The van der Waals surface area contributed by atoms with Crippen molar-refractivity contribution in [2.45, 2.75) is 19.4 Å². The largest absolute Gasteiger partial charge is 0.478 e. The summed E-state index contributed by atoms with van der Waals surface area (Å²) in [5, 5.41) is 0.475. The van der Waals surface area contributed by atoms with Gasteiger partial charge in [0.2, 0.25) is 0 Å². The summed E-state index contributed by atoms with van der Waals surface area (Å²) >= 11 is 6.08. The Morgan fingerprint density at radius 1 is 1.32 bits per heavy atom. The molecule has 1 aromatic heterocycles. The van der Waals surface area contributed by atoms with Crippen LogP contribution in [0.1, 0.15) is 19.5 Å². The molecular weight excluding hydrogens is 267 g/mol. The molecule has 0 fully saturated rings. The second kappa shape index (κ2) is 5.05. The van der Waals surface area contributed by atoms with Crippen LogP contribution in [0.3, 0.4) is 0 Å². The summed E-state index contributed by atoms with van der Waals surface area (Å²) in [5.41, 5.74) is 5.54. The van der Waals surface area contributed by atoms with Crippen LogP contribution in [0.25, 0.3) is 0 Å². The van der Waals surface area contributed by atoms with Gasteiger partial charge in [-0.05, 0) is 38.1 Å². The highest BCUT2D eigenvalue weighted by Gasteiger charge is 2.28. The number of hydrogen-bond donors (Lipinski definition) is 1. The highest BCUT2D eigenvalue weighted by atomic mass is 35.5. The van der Waals surface area contributed by atoms with Crippen molar-refractivity contribution in [3.63, 3.8) is 0 Å². The standard InChI is InChI=1S/C14H14ClFN2O/c1-14(2,13-10(15)4-3-7-18-13)19-12-6-5-9(17)8-11(12)16/h3-8H,17H2,1-2H3. The molecule has 2 N–H and O–H groups in total. The summed E-state index contributed by atoms with van der Waals surface area (Å²) in [6, 6.07) is 7.73. The van der Waals surface area contributed by atoms with Gasteiger partial charge in [0.15, 0.2) is 11.6 Å². The number of hydrogen-bond acceptors (Lipinski definition) is 3. The minimum atomic E-state index is -0.852. The van der Waals surface area contributed by atoms with Gasteiger partial charge in [-0.1, -0.05) is 11.6 Å². The molecule has 3 nitrogen and oxygen atoms in total. The van der Waals surface area contributed by atoms with Crippen molar-refractivity contribution in [1.82, 2.24) is 4.98 Å². The van der Waals surface area contributed by atoms with E-state index in [1.54, 1.807) is 38.2 Å². The van der Waals surface area contributed by atoms with E-state index < -0.39 is 11.4 Å². The highest BCUT2D eigenvalue weighted by Crippen LogP contribution is 2.32. The van der Waals surface area contributed by atoms with Crippen molar-refractivity contribution < 1.29 is 9.13 Å². The Kier molecular flexibility index (Phi) is 3.62. The monoisotopic (exact) mass is 280 g/mol. The van der Waals surface area contributed by atoms with Gasteiger partial charge in [-0.25, -0.2) is 4.39 Å². The second-order valence-corrected chi connectivity index (χ2v) is 5.04. The third-order valence-corrected chi connectivity index (χ3v) is 2.95. The van der Waals surface area contributed by atoms with E-state index in [-0.39, 0.29) is 5.75 Å². The third kappa shape index (κ3) is 2.96. The molecule has 0 amide bonds. The molecule has 0 saturated heterocycles. The summed E-state index contributed by atoms with van der Waals surface area (Å²) < 4.78 is 19.4.